The molecule has 0 atom stereocenters. The number of nitrogens with zero attached hydrogens (tertiary/aromatic N) is 1. The Morgan fingerprint density at radius 1 is 1.04 bits per heavy atom. The lowest BCUT2D eigenvalue weighted by molar-refractivity contribution is -0.129. The van der Waals surface area contributed by atoms with Crippen molar-refractivity contribution in [2.45, 2.75) is 0 Å². The summed E-state index contributed by atoms with van der Waals surface area (Å²) < 4.78 is 10.9. The number of ether oxygens (including phenoxy) is 1. The highest BCUT2D eigenvalue weighted by Gasteiger charge is 2.24. The van der Waals surface area contributed by atoms with Gasteiger partial charge in [-0.2, -0.15) is 0 Å². The number of hydrogen-bond acceptors (Lipinski definition) is 5. The molecule has 1 N–H and O–H groups in total. The molecule has 6 nitrogen and oxygen atoms in total. The summed E-state index contributed by atoms with van der Waals surface area (Å²) in [6, 6.07) is 17.0. The van der Waals surface area contributed by atoms with Gasteiger partial charge in [-0.3, -0.25) is 0 Å². The average Bonchev–Trinajstić information content (AvgIpc) is 3.30. The molecule has 0 radical (unpaired) electrons. The van der Waals surface area contributed by atoms with E-state index in [1.165, 1.54) is 18.2 Å². The predicted molar refractivity (Wildman–Crippen MR) is 103 cm³/mol. The van der Waals surface area contributed by atoms with Gasteiger partial charge in [0.15, 0.2) is 5.70 Å². The van der Waals surface area contributed by atoms with Crippen LogP contribution in [0.5, 0.6) is 0 Å². The second-order valence-electron chi connectivity index (χ2n) is 5.90. The monoisotopic (exact) mass is 393 g/mol. The van der Waals surface area contributed by atoms with Crippen molar-refractivity contribution in [2.75, 3.05) is 0 Å². The van der Waals surface area contributed by atoms with Gasteiger partial charge >= 0.3 is 11.9 Å². The van der Waals surface area contributed by atoms with Crippen LogP contribution in [-0.2, 0) is 9.53 Å². The zero-order valence-electron chi connectivity index (χ0n) is 14.3. The fraction of sp³-hybridized carbons (Fsp3) is 0. The Morgan fingerprint density at radius 2 is 1.82 bits per heavy atom. The zero-order valence-corrected chi connectivity index (χ0v) is 15.0. The molecule has 1 aromatic heterocycles. The molecule has 3 aromatic rings. The third-order valence-electron chi connectivity index (χ3n) is 4.03. The third-order valence-corrected chi connectivity index (χ3v) is 4.36. The molecule has 0 bridgehead atoms. The lowest BCUT2D eigenvalue weighted by Crippen LogP contribution is -2.04. The second kappa shape index (κ2) is 7.17. The van der Waals surface area contributed by atoms with Crippen molar-refractivity contribution in [3.8, 4) is 11.3 Å². The molecule has 1 aliphatic rings. The van der Waals surface area contributed by atoms with Crippen molar-refractivity contribution in [1.29, 1.82) is 0 Å². The standard InChI is InChI=1S/C21H12ClNO5/c22-16-8-6-13(10-15(16)20(24)25)18-9-7-14(27-18)11-17-21(26)28-19(23-17)12-4-2-1-3-5-12/h1-11H,(H,24,25). The first-order valence-electron chi connectivity index (χ1n) is 8.22. The van der Waals surface area contributed by atoms with Crippen molar-refractivity contribution in [1.82, 2.24) is 0 Å². The molecule has 2 heterocycles. The molecule has 0 spiro atoms. The number of benzene rings is 2. The highest BCUT2D eigenvalue weighted by Crippen LogP contribution is 2.28. The van der Waals surface area contributed by atoms with Crippen LogP contribution in [-0.4, -0.2) is 22.9 Å². The van der Waals surface area contributed by atoms with Gasteiger partial charge in [-0.25, -0.2) is 14.6 Å². The maximum Gasteiger partial charge on any atom is 0.363 e. The van der Waals surface area contributed by atoms with Gasteiger partial charge in [-0.05, 0) is 42.5 Å². The summed E-state index contributed by atoms with van der Waals surface area (Å²) in [6.45, 7) is 0. The molecule has 0 unspecified atom stereocenters. The van der Waals surface area contributed by atoms with Gasteiger partial charge in [0, 0.05) is 17.2 Å². The van der Waals surface area contributed by atoms with E-state index < -0.39 is 11.9 Å². The molecule has 0 aliphatic carbocycles. The average molecular weight is 394 g/mol. The third kappa shape index (κ3) is 3.45. The molecule has 7 heteroatoms. The van der Waals surface area contributed by atoms with Gasteiger partial charge in [0.2, 0.25) is 5.90 Å². The smallest absolute Gasteiger partial charge is 0.363 e. The molecule has 4 rings (SSSR count). The van der Waals surface area contributed by atoms with E-state index >= 15 is 0 Å². The van der Waals surface area contributed by atoms with Crippen LogP contribution in [0.4, 0.5) is 0 Å². The first-order valence-corrected chi connectivity index (χ1v) is 8.60. The quantitative estimate of drug-likeness (QED) is 0.515. The summed E-state index contributed by atoms with van der Waals surface area (Å²) >= 11 is 5.89. The molecule has 0 saturated carbocycles. The fourth-order valence-corrected chi connectivity index (χ4v) is 2.87. The summed E-state index contributed by atoms with van der Waals surface area (Å²) in [5, 5.41) is 9.33. The molecular weight excluding hydrogens is 382 g/mol. The number of hydrogen-bond donors (Lipinski definition) is 1. The summed E-state index contributed by atoms with van der Waals surface area (Å²) in [5.41, 5.74) is 1.34. The van der Waals surface area contributed by atoms with E-state index in [4.69, 9.17) is 20.8 Å². The molecule has 2 aromatic carbocycles. The summed E-state index contributed by atoms with van der Waals surface area (Å²) in [4.78, 5) is 27.5. The minimum atomic E-state index is -1.13. The SMILES string of the molecule is O=C1OC(c2ccccc2)=NC1=Cc1ccc(-c2ccc(Cl)c(C(=O)O)c2)o1. The number of furan rings is 1. The van der Waals surface area contributed by atoms with Crippen molar-refractivity contribution in [3.05, 3.63) is 88.3 Å². The molecule has 1 aliphatic heterocycles. The van der Waals surface area contributed by atoms with Crippen molar-refractivity contribution >= 4 is 35.5 Å². The van der Waals surface area contributed by atoms with E-state index in [1.807, 2.05) is 18.2 Å². The van der Waals surface area contributed by atoms with Gasteiger partial charge in [0.25, 0.3) is 0 Å². The zero-order chi connectivity index (χ0) is 19.7. The number of aromatic carboxylic acids is 1. The van der Waals surface area contributed by atoms with Crippen LogP contribution >= 0.6 is 11.6 Å². The van der Waals surface area contributed by atoms with Gasteiger partial charge in [-0.1, -0.05) is 29.8 Å². The van der Waals surface area contributed by atoms with Crippen LogP contribution < -0.4 is 0 Å². The number of aliphatic imine (C=N–C) groups is 1. The highest BCUT2D eigenvalue weighted by molar-refractivity contribution is 6.33. The number of carbonyl (C=O) groups is 2. The maximum absolute atomic E-state index is 12.1. The van der Waals surface area contributed by atoms with E-state index in [9.17, 15) is 14.7 Å². The van der Waals surface area contributed by atoms with Crippen LogP contribution in [0.15, 0.2) is 75.8 Å². The first kappa shape index (κ1) is 17.8. The van der Waals surface area contributed by atoms with Gasteiger partial charge in [0.1, 0.15) is 11.5 Å². The molecular formula is C21H12ClNO5. The van der Waals surface area contributed by atoms with Gasteiger partial charge in [-0.15, -0.1) is 0 Å². The Hall–Kier alpha value is -3.64. The van der Waals surface area contributed by atoms with Gasteiger partial charge < -0.3 is 14.3 Å². The molecule has 0 fully saturated rings. The molecule has 0 amide bonds. The number of carbonyl (C=O) groups excluding carboxylic acids is 1. The van der Waals surface area contributed by atoms with Crippen LogP contribution in [0.1, 0.15) is 21.7 Å². The van der Waals surface area contributed by atoms with Crippen LogP contribution in [0.25, 0.3) is 17.4 Å². The Balaban J connectivity index is 1.63. The fourth-order valence-electron chi connectivity index (χ4n) is 2.68. The molecule has 0 saturated heterocycles. The summed E-state index contributed by atoms with van der Waals surface area (Å²) in [7, 11) is 0. The van der Waals surface area contributed by atoms with Gasteiger partial charge in [0.05, 0.1) is 10.6 Å². The number of carboxylic acid groups (broad SMARTS) is 1. The summed E-state index contributed by atoms with van der Waals surface area (Å²) in [5.74, 6) is -0.655. The number of halogens is 1. The number of esters is 1. The van der Waals surface area contributed by atoms with Crippen LogP contribution in [0, 0.1) is 0 Å². The van der Waals surface area contributed by atoms with E-state index in [0.717, 1.165) is 0 Å². The minimum Gasteiger partial charge on any atom is -0.478 e. The molecule has 28 heavy (non-hydrogen) atoms. The number of rotatable bonds is 4. The Morgan fingerprint density at radius 3 is 2.57 bits per heavy atom. The predicted octanol–water partition coefficient (Wildman–Crippen LogP) is 4.64. The first-order chi connectivity index (χ1) is 13.5. The molecule has 138 valence electrons. The summed E-state index contributed by atoms with van der Waals surface area (Å²) in [6.07, 6.45) is 1.47. The van der Waals surface area contributed by atoms with E-state index in [1.54, 1.807) is 30.3 Å². The van der Waals surface area contributed by atoms with E-state index in [2.05, 4.69) is 4.99 Å². The van der Waals surface area contributed by atoms with Crippen molar-refractivity contribution in [2.24, 2.45) is 4.99 Å². The van der Waals surface area contributed by atoms with E-state index in [-0.39, 0.29) is 22.2 Å². The second-order valence-corrected chi connectivity index (χ2v) is 6.31. The lowest BCUT2D eigenvalue weighted by Gasteiger charge is -2.01. The van der Waals surface area contributed by atoms with Crippen molar-refractivity contribution in [3.63, 3.8) is 0 Å². The Bertz CT molecular complexity index is 1140. The maximum atomic E-state index is 12.1. The lowest BCUT2D eigenvalue weighted by atomic mass is 10.1. The normalized spacial score (nSPS) is 14.8. The number of carboxylic acids is 1. The van der Waals surface area contributed by atoms with Crippen LogP contribution in [0.3, 0.4) is 0 Å². The van der Waals surface area contributed by atoms with Crippen molar-refractivity contribution < 1.29 is 23.8 Å². The van der Waals surface area contributed by atoms with E-state index in [0.29, 0.717) is 22.6 Å². The minimum absolute atomic E-state index is 0.0213. The highest BCUT2D eigenvalue weighted by atomic mass is 35.5. The van der Waals surface area contributed by atoms with Crippen LogP contribution in [0.2, 0.25) is 5.02 Å². The largest absolute Gasteiger partial charge is 0.478 e. The number of cyclic esters (lactones) is 1. The topological polar surface area (TPSA) is 89.1 Å². The Kier molecular flexibility index (Phi) is 4.55. The Labute approximate surface area is 164 Å².